The molecule has 0 aliphatic rings. The molecule has 0 N–H and O–H groups in total. The van der Waals surface area contributed by atoms with Crippen LogP contribution in [-0.2, 0) is 0 Å². The van der Waals surface area contributed by atoms with Gasteiger partial charge in [0.1, 0.15) is 7.85 Å². The third-order valence-corrected chi connectivity index (χ3v) is 1.84. The van der Waals surface area contributed by atoms with Gasteiger partial charge in [0, 0.05) is 0 Å². The predicted octanol–water partition coefficient (Wildman–Crippen LogP) is 1.28. The van der Waals surface area contributed by atoms with Gasteiger partial charge in [0.2, 0.25) is 5.75 Å². The summed E-state index contributed by atoms with van der Waals surface area (Å²) in [5.74, 6) is 1.75. The van der Waals surface area contributed by atoms with E-state index in [-0.39, 0.29) is 6.10 Å². The molecule has 0 aromatic heterocycles. The van der Waals surface area contributed by atoms with E-state index in [9.17, 15) is 0 Å². The second-order valence-corrected chi connectivity index (χ2v) is 3.42. The Balaban J connectivity index is 3.18. The zero-order chi connectivity index (χ0) is 11.4. The first-order valence-corrected chi connectivity index (χ1v) is 4.76. The van der Waals surface area contributed by atoms with E-state index in [1.165, 1.54) is 0 Å². The average Bonchev–Trinajstić information content (AvgIpc) is 2.19. The Labute approximate surface area is 91.7 Å². The summed E-state index contributed by atoms with van der Waals surface area (Å²) in [7, 11) is 8.84. The molecule has 0 spiro atoms. The number of methoxy groups -OCH3 is 2. The van der Waals surface area contributed by atoms with Gasteiger partial charge in [-0.3, -0.25) is 0 Å². The monoisotopic (exact) mass is 206 g/mol. The summed E-state index contributed by atoms with van der Waals surface area (Å²) in [5.41, 5.74) is 0.583. The van der Waals surface area contributed by atoms with Crippen LogP contribution in [0.2, 0.25) is 0 Å². The van der Waals surface area contributed by atoms with E-state index in [4.69, 9.17) is 22.1 Å². The van der Waals surface area contributed by atoms with Gasteiger partial charge in [-0.1, -0.05) is 5.46 Å². The second-order valence-electron chi connectivity index (χ2n) is 3.42. The van der Waals surface area contributed by atoms with Crippen LogP contribution in [0.15, 0.2) is 12.1 Å². The first-order valence-electron chi connectivity index (χ1n) is 4.76. The van der Waals surface area contributed by atoms with Gasteiger partial charge in [0.05, 0.1) is 20.3 Å². The molecule has 0 heterocycles. The average molecular weight is 206 g/mol. The zero-order valence-corrected chi connectivity index (χ0v) is 9.53. The minimum atomic E-state index is 0.0522. The predicted molar refractivity (Wildman–Crippen MR) is 60.7 cm³/mol. The number of rotatable bonds is 4. The third kappa shape index (κ3) is 2.81. The van der Waals surface area contributed by atoms with Gasteiger partial charge >= 0.3 is 0 Å². The molecule has 0 unspecified atom stereocenters. The van der Waals surface area contributed by atoms with Crippen molar-refractivity contribution in [2.24, 2.45) is 0 Å². The van der Waals surface area contributed by atoms with Crippen LogP contribution in [0.1, 0.15) is 13.8 Å². The van der Waals surface area contributed by atoms with Crippen molar-refractivity contribution in [3.8, 4) is 17.2 Å². The summed E-state index contributed by atoms with van der Waals surface area (Å²) in [6, 6.07) is 3.42. The molecule has 4 heteroatoms. The normalized spacial score (nSPS) is 10.2. The molecule has 0 aliphatic carbocycles. The highest BCUT2D eigenvalue weighted by Crippen LogP contribution is 2.36. The fraction of sp³-hybridized carbons (Fsp3) is 0.455. The molecule has 0 saturated carbocycles. The first kappa shape index (κ1) is 11.8. The topological polar surface area (TPSA) is 27.7 Å². The minimum absolute atomic E-state index is 0.0522. The van der Waals surface area contributed by atoms with E-state index in [2.05, 4.69) is 0 Å². The van der Waals surface area contributed by atoms with Crippen molar-refractivity contribution in [2.75, 3.05) is 14.2 Å². The third-order valence-electron chi connectivity index (χ3n) is 1.84. The van der Waals surface area contributed by atoms with Crippen molar-refractivity contribution in [3.63, 3.8) is 0 Å². The van der Waals surface area contributed by atoms with Crippen LogP contribution in [0.5, 0.6) is 17.2 Å². The van der Waals surface area contributed by atoms with Gasteiger partial charge in [-0.25, -0.2) is 0 Å². The van der Waals surface area contributed by atoms with Crippen molar-refractivity contribution in [1.82, 2.24) is 0 Å². The van der Waals surface area contributed by atoms with E-state index in [0.29, 0.717) is 22.7 Å². The molecule has 0 fully saturated rings. The van der Waals surface area contributed by atoms with Crippen molar-refractivity contribution >= 4 is 13.3 Å². The summed E-state index contributed by atoms with van der Waals surface area (Å²) >= 11 is 0. The summed E-state index contributed by atoms with van der Waals surface area (Å²) in [4.78, 5) is 0. The van der Waals surface area contributed by atoms with E-state index in [1.54, 1.807) is 26.4 Å². The molecule has 15 heavy (non-hydrogen) atoms. The molecule has 0 amide bonds. The molecule has 80 valence electrons. The molecule has 0 aliphatic heterocycles. The molecule has 0 atom stereocenters. The van der Waals surface area contributed by atoms with E-state index in [0.717, 1.165) is 0 Å². The van der Waals surface area contributed by atoms with Crippen LogP contribution in [0, 0.1) is 0 Å². The quantitative estimate of drug-likeness (QED) is 0.694. The van der Waals surface area contributed by atoms with E-state index < -0.39 is 0 Å². The summed E-state index contributed by atoms with van der Waals surface area (Å²) in [6.07, 6.45) is 0.0522. The Morgan fingerprint density at radius 2 is 1.53 bits per heavy atom. The maximum atomic E-state index is 5.69. The molecule has 1 aromatic rings. The Kier molecular flexibility index (Phi) is 3.89. The maximum Gasteiger partial charge on any atom is 0.203 e. The highest BCUT2D eigenvalue weighted by Gasteiger charge is 2.13. The fourth-order valence-corrected chi connectivity index (χ4v) is 1.25. The Morgan fingerprint density at radius 3 is 1.87 bits per heavy atom. The number of hydrogen-bond acceptors (Lipinski definition) is 3. The molecule has 3 nitrogen and oxygen atoms in total. The minimum Gasteiger partial charge on any atom is -0.493 e. The molecule has 0 bridgehead atoms. The number of hydrogen-bond donors (Lipinski definition) is 0. The molecular formula is C11H15BO3. The van der Waals surface area contributed by atoms with Gasteiger partial charge in [0.15, 0.2) is 11.5 Å². The Morgan fingerprint density at radius 1 is 1.07 bits per heavy atom. The van der Waals surface area contributed by atoms with Gasteiger partial charge in [-0.05, 0) is 26.0 Å². The van der Waals surface area contributed by atoms with Crippen LogP contribution in [0.4, 0.5) is 0 Å². The van der Waals surface area contributed by atoms with Gasteiger partial charge < -0.3 is 14.2 Å². The van der Waals surface area contributed by atoms with Crippen molar-refractivity contribution < 1.29 is 14.2 Å². The summed E-state index contributed by atoms with van der Waals surface area (Å²) in [5, 5.41) is 0. The van der Waals surface area contributed by atoms with Crippen molar-refractivity contribution in [1.29, 1.82) is 0 Å². The van der Waals surface area contributed by atoms with Crippen LogP contribution in [0.25, 0.3) is 0 Å². The first-order chi connectivity index (χ1) is 7.08. The molecule has 1 rings (SSSR count). The molecule has 0 saturated heterocycles. The lowest BCUT2D eigenvalue weighted by Crippen LogP contribution is -2.11. The van der Waals surface area contributed by atoms with Crippen molar-refractivity contribution in [2.45, 2.75) is 20.0 Å². The Bertz CT molecular complexity index is 312. The van der Waals surface area contributed by atoms with E-state index in [1.807, 2.05) is 13.8 Å². The van der Waals surface area contributed by atoms with Gasteiger partial charge in [-0.15, -0.1) is 0 Å². The van der Waals surface area contributed by atoms with Gasteiger partial charge in [0.25, 0.3) is 0 Å². The molecular weight excluding hydrogens is 191 g/mol. The van der Waals surface area contributed by atoms with E-state index >= 15 is 0 Å². The largest absolute Gasteiger partial charge is 0.493 e. The smallest absolute Gasteiger partial charge is 0.203 e. The van der Waals surface area contributed by atoms with Gasteiger partial charge in [-0.2, -0.15) is 0 Å². The standard InChI is InChI=1S/C11H15BO3/c1-7(2)15-11-9(13-3)5-8(12)6-10(11)14-4/h5-7H,1-4H3. The number of ether oxygens (including phenoxy) is 3. The SMILES string of the molecule is [B]c1cc(OC)c(OC(C)C)c(OC)c1. The molecule has 1 aromatic carbocycles. The summed E-state index contributed by atoms with van der Waals surface area (Å²) in [6.45, 7) is 3.88. The zero-order valence-electron chi connectivity index (χ0n) is 9.53. The molecule has 2 radical (unpaired) electrons. The lowest BCUT2D eigenvalue weighted by molar-refractivity contribution is 0.218. The number of benzene rings is 1. The van der Waals surface area contributed by atoms with Crippen LogP contribution in [-0.4, -0.2) is 28.2 Å². The second kappa shape index (κ2) is 4.96. The summed E-state index contributed by atoms with van der Waals surface area (Å²) < 4.78 is 16.0. The van der Waals surface area contributed by atoms with Crippen molar-refractivity contribution in [3.05, 3.63) is 12.1 Å². The Hall–Kier alpha value is -1.32. The van der Waals surface area contributed by atoms with Crippen LogP contribution >= 0.6 is 0 Å². The highest BCUT2D eigenvalue weighted by atomic mass is 16.5. The van der Waals surface area contributed by atoms with Crippen LogP contribution in [0.3, 0.4) is 0 Å². The lowest BCUT2D eigenvalue weighted by Gasteiger charge is -2.17. The highest BCUT2D eigenvalue weighted by molar-refractivity contribution is 6.32. The van der Waals surface area contributed by atoms with Crippen LogP contribution < -0.4 is 19.7 Å². The fourth-order valence-electron chi connectivity index (χ4n) is 1.25. The lowest BCUT2D eigenvalue weighted by atomic mass is 9.95. The maximum absolute atomic E-state index is 5.69.